The molecule has 0 saturated carbocycles. The molecule has 0 atom stereocenters. The van der Waals surface area contributed by atoms with Crippen molar-refractivity contribution in [1.29, 1.82) is 0 Å². The van der Waals surface area contributed by atoms with Crippen molar-refractivity contribution >= 4 is 120 Å². The second-order valence-electron chi connectivity index (χ2n) is 22.8. The summed E-state index contributed by atoms with van der Waals surface area (Å²) < 4.78 is 0. The fourth-order valence-corrected chi connectivity index (χ4v) is 13.4. The van der Waals surface area contributed by atoms with E-state index in [1.165, 1.54) is 125 Å². The first-order valence-corrected chi connectivity index (χ1v) is 30.3. The Kier molecular flexibility index (Phi) is 13.3. The van der Waals surface area contributed by atoms with E-state index in [0.717, 1.165) is 28.4 Å². The van der Waals surface area contributed by atoms with Crippen LogP contribution in [0.1, 0.15) is 0 Å². The molecule has 0 fully saturated rings. The van der Waals surface area contributed by atoms with Gasteiger partial charge in [0.15, 0.2) is 0 Å². The molecular formula is C86H58N2. The van der Waals surface area contributed by atoms with Crippen LogP contribution in [0, 0.1) is 0 Å². The van der Waals surface area contributed by atoms with E-state index in [2.05, 4.69) is 362 Å². The number of para-hydroxylation sites is 1. The van der Waals surface area contributed by atoms with Crippen LogP contribution in [-0.2, 0) is 0 Å². The van der Waals surface area contributed by atoms with Gasteiger partial charge >= 0.3 is 0 Å². The van der Waals surface area contributed by atoms with Crippen molar-refractivity contribution in [2.75, 3.05) is 9.80 Å². The molecule has 0 aliphatic heterocycles. The lowest BCUT2D eigenvalue weighted by Crippen LogP contribution is -2.10. The normalized spacial score (nSPS) is 11.4. The molecule has 0 heterocycles. The molecule has 0 aromatic heterocycles. The fraction of sp³-hybridized carbons (Fsp3) is 0. The molecular weight excluding hydrogens is 1060 g/mol. The van der Waals surface area contributed by atoms with Gasteiger partial charge < -0.3 is 9.80 Å². The Bertz CT molecular complexity index is 5460. The van der Waals surface area contributed by atoms with Gasteiger partial charge in [0, 0.05) is 33.8 Å². The number of hydrogen-bond donors (Lipinski definition) is 0. The maximum absolute atomic E-state index is 2.40. The van der Waals surface area contributed by atoms with Crippen molar-refractivity contribution in [1.82, 2.24) is 0 Å². The molecule has 2 nitrogen and oxygen atoms in total. The Morgan fingerprint density at radius 2 is 0.500 bits per heavy atom. The molecule has 2 heteroatoms. The number of anilines is 6. The van der Waals surface area contributed by atoms with Gasteiger partial charge in [0.2, 0.25) is 0 Å². The van der Waals surface area contributed by atoms with Gasteiger partial charge in [-0.25, -0.2) is 0 Å². The molecule has 0 amide bonds. The molecule has 0 bridgehead atoms. The molecule has 0 aliphatic carbocycles. The molecule has 0 unspecified atom stereocenters. The highest BCUT2D eigenvalue weighted by molar-refractivity contribution is 6.17. The lowest BCUT2D eigenvalue weighted by Gasteiger charge is -2.28. The monoisotopic (exact) mass is 1120 g/mol. The molecule has 0 saturated heterocycles. The third kappa shape index (κ3) is 9.51. The van der Waals surface area contributed by atoms with Crippen LogP contribution >= 0.6 is 0 Å². The first-order valence-electron chi connectivity index (χ1n) is 30.3. The standard InChI is InChI=1S/C46H31N.C40H27N/c1-2-11-32(12-3-1)36-15-10-16-39(29-36)47(40-28-25-34-22-21-33-13-4-6-17-41(33)46(34)31-40)38-26-23-35(24-27-38)45-30-37-14-5-7-18-42(37)43-19-8-9-20-44(43)45;1-2-16-31(17-3-1)41(40-27-30-14-5-7-20-34(30)36-22-10-11-24-38(36)40)32-18-12-15-28(25-32)39-26-29-13-4-6-19-33(29)35-21-8-9-23-37(35)39/h1-31H;1-27H. The van der Waals surface area contributed by atoms with Crippen molar-refractivity contribution in [2.45, 2.75) is 0 Å². The fourth-order valence-electron chi connectivity index (χ4n) is 13.4. The van der Waals surface area contributed by atoms with Crippen LogP contribution in [0.2, 0.25) is 0 Å². The van der Waals surface area contributed by atoms with E-state index in [9.17, 15) is 0 Å². The quantitative estimate of drug-likeness (QED) is 0.133. The zero-order valence-corrected chi connectivity index (χ0v) is 48.4. The third-order valence-corrected chi connectivity index (χ3v) is 17.6. The van der Waals surface area contributed by atoms with Crippen LogP contribution in [0.15, 0.2) is 352 Å². The topological polar surface area (TPSA) is 6.48 Å². The highest BCUT2D eigenvalue weighted by Gasteiger charge is 2.20. The van der Waals surface area contributed by atoms with Gasteiger partial charge in [0.25, 0.3) is 0 Å². The Labute approximate surface area is 512 Å². The van der Waals surface area contributed by atoms with E-state index >= 15 is 0 Å². The summed E-state index contributed by atoms with van der Waals surface area (Å²) in [5.74, 6) is 0. The van der Waals surface area contributed by atoms with Gasteiger partial charge in [-0.1, -0.05) is 273 Å². The molecule has 17 aromatic carbocycles. The van der Waals surface area contributed by atoms with Gasteiger partial charge in [0.05, 0.1) is 5.69 Å². The maximum atomic E-state index is 2.40. The Balaban J connectivity index is 0.000000143. The average Bonchev–Trinajstić information content (AvgIpc) is 2.79. The van der Waals surface area contributed by atoms with Crippen LogP contribution in [-0.4, -0.2) is 0 Å². The van der Waals surface area contributed by atoms with Crippen molar-refractivity contribution in [2.24, 2.45) is 0 Å². The van der Waals surface area contributed by atoms with E-state index in [4.69, 9.17) is 0 Å². The molecule has 412 valence electrons. The number of fused-ring (bicyclic) bond motifs is 12. The van der Waals surface area contributed by atoms with E-state index in [1.807, 2.05) is 0 Å². The van der Waals surface area contributed by atoms with Gasteiger partial charge in [-0.15, -0.1) is 0 Å². The first kappa shape index (κ1) is 52.0. The van der Waals surface area contributed by atoms with Crippen molar-refractivity contribution in [3.63, 3.8) is 0 Å². The lowest BCUT2D eigenvalue weighted by molar-refractivity contribution is 1.29. The molecule has 17 rings (SSSR count). The summed E-state index contributed by atoms with van der Waals surface area (Å²) in [5, 5.41) is 20.2. The number of benzene rings is 17. The molecule has 17 aromatic rings. The Morgan fingerprint density at radius 1 is 0.148 bits per heavy atom. The van der Waals surface area contributed by atoms with Crippen LogP contribution in [0.5, 0.6) is 0 Å². The second-order valence-corrected chi connectivity index (χ2v) is 22.8. The highest BCUT2D eigenvalue weighted by atomic mass is 15.1. The van der Waals surface area contributed by atoms with Gasteiger partial charge in [-0.3, -0.25) is 0 Å². The minimum absolute atomic E-state index is 1.11. The zero-order valence-electron chi connectivity index (χ0n) is 48.4. The predicted octanol–water partition coefficient (Wildman–Crippen LogP) is 24.5. The summed E-state index contributed by atoms with van der Waals surface area (Å²) in [5.41, 5.74) is 14.1. The van der Waals surface area contributed by atoms with Crippen molar-refractivity contribution in [3.05, 3.63) is 352 Å². The molecule has 88 heavy (non-hydrogen) atoms. The lowest BCUT2D eigenvalue weighted by atomic mass is 9.93. The summed E-state index contributed by atoms with van der Waals surface area (Å²) in [6.07, 6.45) is 0. The summed E-state index contributed by atoms with van der Waals surface area (Å²) in [7, 11) is 0. The molecule has 0 spiro atoms. The van der Waals surface area contributed by atoms with Gasteiger partial charge in [-0.2, -0.15) is 0 Å². The van der Waals surface area contributed by atoms with E-state index < -0.39 is 0 Å². The summed E-state index contributed by atoms with van der Waals surface area (Å²) in [6, 6.07) is 128. The van der Waals surface area contributed by atoms with Crippen molar-refractivity contribution < 1.29 is 0 Å². The summed E-state index contributed by atoms with van der Waals surface area (Å²) >= 11 is 0. The highest BCUT2D eigenvalue weighted by Crippen LogP contribution is 2.46. The zero-order chi connectivity index (χ0) is 58.3. The first-order chi connectivity index (χ1) is 43.6. The molecule has 0 N–H and O–H groups in total. The van der Waals surface area contributed by atoms with Crippen LogP contribution in [0.3, 0.4) is 0 Å². The minimum atomic E-state index is 1.11. The molecule has 0 radical (unpaired) electrons. The molecule has 0 aliphatic rings. The smallest absolute Gasteiger partial charge is 0.0546 e. The number of nitrogens with zero attached hydrogens (tertiary/aromatic N) is 2. The largest absolute Gasteiger partial charge is 0.310 e. The van der Waals surface area contributed by atoms with Crippen LogP contribution in [0.4, 0.5) is 34.1 Å². The number of hydrogen-bond acceptors (Lipinski definition) is 2. The van der Waals surface area contributed by atoms with E-state index in [0.29, 0.717) is 0 Å². The summed E-state index contributed by atoms with van der Waals surface area (Å²) in [4.78, 5) is 4.79. The van der Waals surface area contributed by atoms with Gasteiger partial charge in [-0.05, 0) is 193 Å². The Morgan fingerprint density at radius 3 is 1.09 bits per heavy atom. The SMILES string of the molecule is c1ccc(-c2cccc(N(c3ccc(-c4cc5ccccc5c5ccccc45)cc3)c3ccc4ccc5ccccc5c4c3)c2)cc1.c1ccc(N(c2cccc(-c3cc4ccccc4c4ccccc34)c2)c2cc3ccccc3c3ccccc23)cc1. The predicted molar refractivity (Wildman–Crippen MR) is 379 cm³/mol. The second kappa shape index (κ2) is 22.4. The number of rotatable bonds is 9. The third-order valence-electron chi connectivity index (χ3n) is 17.6. The van der Waals surface area contributed by atoms with Crippen LogP contribution < -0.4 is 9.80 Å². The van der Waals surface area contributed by atoms with E-state index in [-0.39, 0.29) is 0 Å². The van der Waals surface area contributed by atoms with Gasteiger partial charge in [0.1, 0.15) is 0 Å². The van der Waals surface area contributed by atoms with E-state index in [1.54, 1.807) is 0 Å². The Hall–Kier alpha value is -11.6. The van der Waals surface area contributed by atoms with Crippen molar-refractivity contribution in [3.8, 4) is 33.4 Å². The maximum Gasteiger partial charge on any atom is 0.0546 e. The minimum Gasteiger partial charge on any atom is -0.310 e. The van der Waals surface area contributed by atoms with Crippen LogP contribution in [0.25, 0.3) is 120 Å². The average molecular weight is 1120 g/mol. The summed E-state index contributed by atoms with van der Waals surface area (Å²) in [6.45, 7) is 0.